The van der Waals surface area contributed by atoms with Gasteiger partial charge in [-0.3, -0.25) is 9.80 Å². The first-order valence-corrected chi connectivity index (χ1v) is 9.61. The van der Waals surface area contributed by atoms with E-state index in [1.54, 1.807) is 0 Å². The topological polar surface area (TPSA) is 60.7 Å². The molecular weight excluding hydrogens is 347 g/mol. The predicted octanol–water partition coefficient (Wildman–Crippen LogP) is 1.67. The van der Waals surface area contributed by atoms with Crippen LogP contribution in [0.15, 0.2) is 28.8 Å². The van der Waals surface area contributed by atoms with Crippen molar-refractivity contribution in [2.24, 2.45) is 0 Å². The van der Waals surface area contributed by atoms with Crippen molar-refractivity contribution in [1.29, 1.82) is 0 Å². The number of halogens is 1. The first kappa shape index (κ1) is 18.3. The number of rotatable bonds is 4. The van der Waals surface area contributed by atoms with Crippen molar-refractivity contribution >= 4 is 5.69 Å². The van der Waals surface area contributed by atoms with Crippen LogP contribution in [0.25, 0.3) is 0 Å². The van der Waals surface area contributed by atoms with E-state index in [-0.39, 0.29) is 17.9 Å². The van der Waals surface area contributed by atoms with Crippen LogP contribution in [0.5, 0.6) is 0 Å². The highest BCUT2D eigenvalue weighted by atomic mass is 19.1. The van der Waals surface area contributed by atoms with E-state index in [0.717, 1.165) is 57.3 Å². The normalized spacial score (nSPS) is 23.5. The molecule has 2 aromatic rings. The quantitative estimate of drug-likeness (QED) is 0.873. The Kier molecular flexibility index (Phi) is 5.38. The van der Waals surface area contributed by atoms with Gasteiger partial charge in [-0.05, 0) is 38.2 Å². The van der Waals surface area contributed by atoms with E-state index in [4.69, 9.17) is 4.52 Å². The van der Waals surface area contributed by atoms with Gasteiger partial charge in [0, 0.05) is 51.5 Å². The number of nitrogens with zero attached hydrogens (tertiary/aromatic N) is 5. The van der Waals surface area contributed by atoms with Crippen LogP contribution in [0.1, 0.15) is 30.7 Å². The van der Waals surface area contributed by atoms with E-state index >= 15 is 0 Å². The second-order valence-electron chi connectivity index (χ2n) is 7.37. The lowest BCUT2D eigenvalue weighted by atomic mass is 10.2. The zero-order chi connectivity index (χ0) is 18.8. The van der Waals surface area contributed by atoms with Gasteiger partial charge in [0.25, 0.3) is 0 Å². The van der Waals surface area contributed by atoms with E-state index in [2.05, 4.69) is 44.1 Å². The van der Waals surface area contributed by atoms with E-state index in [1.165, 1.54) is 12.1 Å². The molecule has 0 amide bonds. The minimum atomic E-state index is -0.197. The summed E-state index contributed by atoms with van der Waals surface area (Å²) in [6, 6.07) is 6.96. The lowest BCUT2D eigenvalue weighted by Gasteiger charge is -2.38. The Morgan fingerprint density at radius 2 is 1.89 bits per heavy atom. The number of likely N-dealkylation sites (N-methyl/N-ethyl adjacent to an activating group) is 1. The maximum atomic E-state index is 13.1. The fourth-order valence-electron chi connectivity index (χ4n) is 3.82. The molecule has 1 aromatic heterocycles. The molecule has 146 valence electrons. The number of anilines is 1. The van der Waals surface area contributed by atoms with Gasteiger partial charge in [0.2, 0.25) is 5.89 Å². The minimum Gasteiger partial charge on any atom is -0.369 e. The maximum absolute atomic E-state index is 13.1. The third-order valence-electron chi connectivity index (χ3n) is 5.68. The Hall–Kier alpha value is -2.03. The van der Waals surface area contributed by atoms with Crippen molar-refractivity contribution in [2.45, 2.75) is 19.0 Å². The fourth-order valence-corrected chi connectivity index (χ4v) is 3.82. The van der Waals surface area contributed by atoms with Crippen LogP contribution >= 0.6 is 0 Å². The van der Waals surface area contributed by atoms with Crippen molar-refractivity contribution in [1.82, 2.24) is 25.3 Å². The van der Waals surface area contributed by atoms with Gasteiger partial charge in [-0.15, -0.1) is 0 Å². The van der Waals surface area contributed by atoms with Crippen LogP contribution in [-0.4, -0.2) is 72.8 Å². The zero-order valence-corrected chi connectivity index (χ0v) is 15.9. The summed E-state index contributed by atoms with van der Waals surface area (Å²) in [7, 11) is 2.10. The summed E-state index contributed by atoms with van der Waals surface area (Å²) in [5.41, 5.74) is 1.07. The van der Waals surface area contributed by atoms with E-state index in [9.17, 15) is 4.39 Å². The Balaban J connectivity index is 1.36. The summed E-state index contributed by atoms with van der Waals surface area (Å²) in [5, 5.41) is 7.62. The van der Waals surface area contributed by atoms with E-state index < -0.39 is 0 Å². The molecule has 0 spiro atoms. The molecule has 7 nitrogen and oxygen atoms in total. The van der Waals surface area contributed by atoms with Crippen LogP contribution in [0.3, 0.4) is 0 Å². The van der Waals surface area contributed by atoms with Crippen molar-refractivity contribution in [3.8, 4) is 0 Å². The number of aromatic nitrogens is 2. The van der Waals surface area contributed by atoms with Gasteiger partial charge < -0.3 is 14.7 Å². The third kappa shape index (κ3) is 3.97. The molecule has 2 fully saturated rings. The first-order chi connectivity index (χ1) is 13.1. The second-order valence-corrected chi connectivity index (χ2v) is 7.37. The van der Waals surface area contributed by atoms with Gasteiger partial charge >= 0.3 is 0 Å². The average molecular weight is 374 g/mol. The van der Waals surface area contributed by atoms with Gasteiger partial charge in [0.15, 0.2) is 5.82 Å². The second kappa shape index (κ2) is 7.92. The van der Waals surface area contributed by atoms with Gasteiger partial charge in [0.1, 0.15) is 5.82 Å². The van der Waals surface area contributed by atoms with Crippen LogP contribution in [-0.2, 0) is 0 Å². The highest BCUT2D eigenvalue weighted by molar-refractivity contribution is 5.46. The molecule has 0 bridgehead atoms. The minimum absolute atomic E-state index is 0.0865. The molecule has 2 aliphatic rings. The molecule has 0 radical (unpaired) electrons. The standard InChI is InChI=1S/C19H27FN6O/c1-14(19-22-18(23-27-19)17-13-21-7-8-24(17)2)25-9-11-26(12-10-25)16-5-3-15(20)4-6-16/h3-6,14,17,21H,7-13H2,1-2H3. The molecule has 27 heavy (non-hydrogen) atoms. The van der Waals surface area contributed by atoms with Gasteiger partial charge in [-0.25, -0.2) is 4.39 Å². The van der Waals surface area contributed by atoms with Crippen molar-refractivity contribution < 1.29 is 8.91 Å². The summed E-state index contributed by atoms with van der Waals surface area (Å²) in [4.78, 5) is 11.6. The van der Waals surface area contributed by atoms with Crippen LogP contribution in [0.4, 0.5) is 10.1 Å². The predicted molar refractivity (Wildman–Crippen MR) is 101 cm³/mol. The van der Waals surface area contributed by atoms with Crippen LogP contribution in [0, 0.1) is 5.82 Å². The Morgan fingerprint density at radius 3 is 2.59 bits per heavy atom. The molecule has 2 aliphatic heterocycles. The number of hydrogen-bond donors (Lipinski definition) is 1. The number of piperazine rings is 2. The molecule has 2 saturated heterocycles. The summed E-state index contributed by atoms with van der Waals surface area (Å²) < 4.78 is 18.7. The number of benzene rings is 1. The molecule has 0 aliphatic carbocycles. The Labute approximate surface area is 159 Å². The van der Waals surface area contributed by atoms with Crippen molar-refractivity contribution in [3.05, 3.63) is 41.8 Å². The molecule has 8 heteroatoms. The van der Waals surface area contributed by atoms with Gasteiger partial charge in [-0.1, -0.05) is 5.16 Å². The molecule has 4 rings (SSSR count). The highest BCUT2D eigenvalue weighted by Crippen LogP contribution is 2.25. The van der Waals surface area contributed by atoms with Crippen molar-refractivity contribution in [3.63, 3.8) is 0 Å². The average Bonchev–Trinajstić information content (AvgIpc) is 3.18. The lowest BCUT2D eigenvalue weighted by Crippen LogP contribution is -2.47. The Morgan fingerprint density at radius 1 is 1.15 bits per heavy atom. The SMILES string of the molecule is CC(c1nc(C2CNCCN2C)no1)N1CCN(c2ccc(F)cc2)CC1. The monoisotopic (exact) mass is 374 g/mol. The highest BCUT2D eigenvalue weighted by Gasteiger charge is 2.29. The van der Waals surface area contributed by atoms with E-state index in [1.807, 2.05) is 12.1 Å². The lowest BCUT2D eigenvalue weighted by molar-refractivity contribution is 0.163. The van der Waals surface area contributed by atoms with E-state index in [0.29, 0.717) is 5.89 Å². The molecule has 2 unspecified atom stereocenters. The summed E-state index contributed by atoms with van der Waals surface area (Å²) in [6.45, 7) is 8.54. The molecule has 2 atom stereocenters. The largest absolute Gasteiger partial charge is 0.369 e. The Bertz CT molecular complexity index is 743. The third-order valence-corrected chi connectivity index (χ3v) is 5.68. The molecule has 3 heterocycles. The van der Waals surface area contributed by atoms with Gasteiger partial charge in [-0.2, -0.15) is 4.98 Å². The summed E-state index contributed by atoms with van der Waals surface area (Å²) in [5.74, 6) is 1.24. The first-order valence-electron chi connectivity index (χ1n) is 9.61. The molecule has 1 N–H and O–H groups in total. The molecule has 0 saturated carbocycles. The number of hydrogen-bond acceptors (Lipinski definition) is 7. The summed E-state index contributed by atoms with van der Waals surface area (Å²) >= 11 is 0. The van der Waals surface area contributed by atoms with Crippen molar-refractivity contribution in [2.75, 3.05) is 57.8 Å². The van der Waals surface area contributed by atoms with Gasteiger partial charge in [0.05, 0.1) is 12.1 Å². The maximum Gasteiger partial charge on any atom is 0.243 e. The smallest absolute Gasteiger partial charge is 0.243 e. The number of nitrogens with one attached hydrogen (secondary N) is 1. The molecular formula is C19H27FN6O. The zero-order valence-electron chi connectivity index (χ0n) is 15.9. The van der Waals surface area contributed by atoms with Crippen LogP contribution in [0.2, 0.25) is 0 Å². The van der Waals surface area contributed by atoms with Crippen LogP contribution < -0.4 is 10.2 Å². The fraction of sp³-hybridized carbons (Fsp3) is 0.579. The molecule has 1 aromatic carbocycles. The summed E-state index contributed by atoms with van der Waals surface area (Å²) in [6.07, 6.45) is 0.